The molecule has 0 unspecified atom stereocenters. The van der Waals surface area contributed by atoms with Gasteiger partial charge >= 0.3 is 17.9 Å². The van der Waals surface area contributed by atoms with E-state index < -0.39 is 6.10 Å². The number of carbonyl (C=O) groups excluding carboxylic acids is 3. The first kappa shape index (κ1) is 70.1. The highest BCUT2D eigenvalue weighted by Gasteiger charge is 2.19. The van der Waals surface area contributed by atoms with Crippen molar-refractivity contribution in [3.63, 3.8) is 0 Å². The third-order valence-electron chi connectivity index (χ3n) is 14.0. The lowest BCUT2D eigenvalue weighted by atomic mass is 10.0. The van der Waals surface area contributed by atoms with Crippen molar-refractivity contribution in [1.82, 2.24) is 0 Å². The van der Waals surface area contributed by atoms with Crippen LogP contribution in [0.1, 0.15) is 329 Å². The lowest BCUT2D eigenvalue weighted by molar-refractivity contribution is -0.167. The van der Waals surface area contributed by atoms with Crippen molar-refractivity contribution in [2.45, 2.75) is 335 Å². The fourth-order valence-electron chi connectivity index (χ4n) is 9.15. The average molecular weight is 1020 g/mol. The van der Waals surface area contributed by atoms with Gasteiger partial charge < -0.3 is 14.2 Å². The summed E-state index contributed by atoms with van der Waals surface area (Å²) in [6, 6.07) is 0. The van der Waals surface area contributed by atoms with Crippen LogP contribution < -0.4 is 0 Å². The highest BCUT2D eigenvalue weighted by Crippen LogP contribution is 2.16. The SMILES string of the molecule is CCCCC/C=C\C/C=C\CCCCCCCCCCCC(=O)O[C@H](COC(=O)CCCCCCC/C=C\C/C=C\CCCCC)COC(=O)CCCCCCCCCCCCC/C=C\CCCCCCCC. The van der Waals surface area contributed by atoms with Crippen molar-refractivity contribution >= 4 is 17.9 Å². The molecule has 0 aromatic carbocycles. The van der Waals surface area contributed by atoms with Crippen LogP contribution in [0.4, 0.5) is 0 Å². The monoisotopic (exact) mass is 1020 g/mol. The number of hydrogen-bond acceptors (Lipinski definition) is 6. The fraction of sp³-hybridized carbons (Fsp3) is 0.806. The van der Waals surface area contributed by atoms with Crippen LogP contribution in [0.5, 0.6) is 0 Å². The van der Waals surface area contributed by atoms with E-state index in [1.54, 1.807) is 0 Å². The highest BCUT2D eigenvalue weighted by molar-refractivity contribution is 5.71. The van der Waals surface area contributed by atoms with Gasteiger partial charge in [-0.15, -0.1) is 0 Å². The van der Waals surface area contributed by atoms with E-state index in [4.69, 9.17) is 14.2 Å². The van der Waals surface area contributed by atoms with Crippen LogP contribution >= 0.6 is 0 Å². The summed E-state index contributed by atoms with van der Waals surface area (Å²) in [6.45, 7) is 6.61. The molecule has 0 aliphatic rings. The minimum absolute atomic E-state index is 0.0790. The number of unbranched alkanes of at least 4 members (excludes halogenated alkanes) is 37. The number of carbonyl (C=O) groups is 3. The fourth-order valence-corrected chi connectivity index (χ4v) is 9.15. The quantitative estimate of drug-likeness (QED) is 0.0261. The molecule has 6 nitrogen and oxygen atoms in total. The standard InChI is InChI=1S/C67H120O6/c1-4-7-10-13-16-19-22-25-28-30-32-33-35-36-39-42-45-48-51-54-57-60-66(69)72-63-64(62-71-65(68)59-56-53-50-47-44-41-38-27-24-21-18-15-12-9-6-3)73-67(70)61-58-55-52-49-46-43-40-37-34-31-29-26-23-20-17-14-11-8-5-2/h17-18,20-21,25-29,38,64H,4-16,19,22-24,30-37,39-63H2,1-3H3/b20-17-,21-18-,28-25-,29-26-,38-27-/t64-/m1/s1. The molecule has 0 aliphatic heterocycles. The molecule has 0 aliphatic carbocycles. The summed E-state index contributed by atoms with van der Waals surface area (Å²) in [6.07, 6.45) is 77.9. The molecule has 0 radical (unpaired) electrons. The summed E-state index contributed by atoms with van der Waals surface area (Å²) in [7, 11) is 0. The van der Waals surface area contributed by atoms with Crippen LogP contribution in [0.15, 0.2) is 60.8 Å². The largest absolute Gasteiger partial charge is 0.462 e. The number of rotatable bonds is 58. The Balaban J connectivity index is 4.35. The molecule has 6 heteroatoms. The first-order chi connectivity index (χ1) is 36.0. The molecule has 0 bridgehead atoms. The van der Waals surface area contributed by atoms with Crippen LogP contribution in [-0.4, -0.2) is 37.2 Å². The molecule has 0 saturated heterocycles. The molecule has 73 heavy (non-hydrogen) atoms. The van der Waals surface area contributed by atoms with Gasteiger partial charge in [0.25, 0.3) is 0 Å². The summed E-state index contributed by atoms with van der Waals surface area (Å²) in [4.78, 5) is 38.3. The van der Waals surface area contributed by atoms with E-state index in [9.17, 15) is 14.4 Å². The van der Waals surface area contributed by atoms with Gasteiger partial charge in [0, 0.05) is 19.3 Å². The van der Waals surface area contributed by atoms with Crippen molar-refractivity contribution < 1.29 is 28.6 Å². The first-order valence-electron chi connectivity index (χ1n) is 31.8. The molecule has 0 fully saturated rings. The molecular weight excluding hydrogens is 901 g/mol. The van der Waals surface area contributed by atoms with Crippen LogP contribution in [0.25, 0.3) is 0 Å². The maximum atomic E-state index is 12.9. The zero-order valence-corrected chi connectivity index (χ0v) is 48.7. The smallest absolute Gasteiger partial charge is 0.306 e. The number of allylic oxidation sites excluding steroid dienone is 10. The van der Waals surface area contributed by atoms with Gasteiger partial charge in [-0.1, -0.05) is 261 Å². The van der Waals surface area contributed by atoms with Crippen molar-refractivity contribution in [3.05, 3.63) is 60.8 Å². The molecule has 0 aromatic heterocycles. The Morgan fingerprint density at radius 2 is 0.493 bits per heavy atom. The van der Waals surface area contributed by atoms with E-state index >= 15 is 0 Å². The van der Waals surface area contributed by atoms with Crippen molar-refractivity contribution in [3.8, 4) is 0 Å². The Morgan fingerprint density at radius 1 is 0.274 bits per heavy atom. The van der Waals surface area contributed by atoms with E-state index in [-0.39, 0.29) is 31.1 Å². The molecule has 424 valence electrons. The van der Waals surface area contributed by atoms with Crippen LogP contribution in [0.2, 0.25) is 0 Å². The second kappa shape index (κ2) is 61.7. The Morgan fingerprint density at radius 3 is 0.795 bits per heavy atom. The lowest BCUT2D eigenvalue weighted by Gasteiger charge is -2.18. The maximum Gasteiger partial charge on any atom is 0.306 e. The molecular formula is C67H120O6. The average Bonchev–Trinajstić information content (AvgIpc) is 3.39. The first-order valence-corrected chi connectivity index (χ1v) is 31.8. The predicted molar refractivity (Wildman–Crippen MR) is 316 cm³/mol. The maximum absolute atomic E-state index is 12.9. The van der Waals surface area contributed by atoms with Gasteiger partial charge in [0.1, 0.15) is 13.2 Å². The van der Waals surface area contributed by atoms with Gasteiger partial charge in [0.15, 0.2) is 6.10 Å². The molecule has 1 atom stereocenters. The molecule has 0 spiro atoms. The normalized spacial score (nSPS) is 12.4. The Labute approximate surface area is 453 Å². The van der Waals surface area contributed by atoms with Gasteiger partial charge in [-0.25, -0.2) is 0 Å². The Bertz CT molecular complexity index is 1310. The molecule has 0 aromatic rings. The van der Waals surface area contributed by atoms with Crippen molar-refractivity contribution in [2.75, 3.05) is 13.2 Å². The number of ether oxygens (including phenoxy) is 3. The van der Waals surface area contributed by atoms with Gasteiger partial charge in [-0.2, -0.15) is 0 Å². The summed E-state index contributed by atoms with van der Waals surface area (Å²) >= 11 is 0. The second-order valence-corrected chi connectivity index (χ2v) is 21.3. The predicted octanol–water partition coefficient (Wildman–Crippen LogP) is 21.6. The third kappa shape index (κ3) is 59.9. The molecule has 0 heterocycles. The summed E-state index contributed by atoms with van der Waals surface area (Å²) in [5.41, 5.74) is 0. The van der Waals surface area contributed by atoms with E-state index in [0.29, 0.717) is 19.3 Å². The van der Waals surface area contributed by atoms with Crippen LogP contribution in [-0.2, 0) is 28.6 Å². The molecule has 0 saturated carbocycles. The van der Waals surface area contributed by atoms with Crippen LogP contribution in [0, 0.1) is 0 Å². The minimum Gasteiger partial charge on any atom is -0.462 e. The van der Waals surface area contributed by atoms with Gasteiger partial charge in [-0.05, 0) is 109 Å². The van der Waals surface area contributed by atoms with Crippen molar-refractivity contribution in [1.29, 1.82) is 0 Å². The summed E-state index contributed by atoms with van der Waals surface area (Å²) in [5, 5.41) is 0. The van der Waals surface area contributed by atoms with E-state index in [2.05, 4.69) is 81.5 Å². The Kier molecular flexibility index (Phi) is 59.2. The van der Waals surface area contributed by atoms with Crippen molar-refractivity contribution in [2.24, 2.45) is 0 Å². The Hall–Kier alpha value is -2.89. The van der Waals surface area contributed by atoms with Gasteiger partial charge in [-0.3, -0.25) is 14.4 Å². The molecule has 0 N–H and O–H groups in total. The van der Waals surface area contributed by atoms with E-state index in [0.717, 1.165) is 83.5 Å². The zero-order valence-electron chi connectivity index (χ0n) is 48.7. The minimum atomic E-state index is -0.783. The number of esters is 3. The summed E-state index contributed by atoms with van der Waals surface area (Å²) < 4.78 is 16.9. The van der Waals surface area contributed by atoms with Gasteiger partial charge in [0.2, 0.25) is 0 Å². The highest BCUT2D eigenvalue weighted by atomic mass is 16.6. The second-order valence-electron chi connectivity index (χ2n) is 21.3. The topological polar surface area (TPSA) is 78.9 Å². The number of hydrogen-bond donors (Lipinski definition) is 0. The molecule has 0 amide bonds. The summed E-state index contributed by atoms with van der Waals surface area (Å²) in [5.74, 6) is -0.882. The van der Waals surface area contributed by atoms with E-state index in [1.165, 1.54) is 205 Å². The third-order valence-corrected chi connectivity index (χ3v) is 14.0. The van der Waals surface area contributed by atoms with Crippen LogP contribution in [0.3, 0.4) is 0 Å². The molecule has 0 rings (SSSR count). The van der Waals surface area contributed by atoms with Gasteiger partial charge in [0.05, 0.1) is 0 Å². The lowest BCUT2D eigenvalue weighted by Crippen LogP contribution is -2.30. The van der Waals surface area contributed by atoms with E-state index in [1.807, 2.05) is 0 Å². The zero-order chi connectivity index (χ0) is 52.9.